The van der Waals surface area contributed by atoms with Crippen molar-refractivity contribution >= 4 is 21.1 Å². The Labute approximate surface area is 177 Å². The second-order valence-corrected chi connectivity index (χ2v) is 9.92. The van der Waals surface area contributed by atoms with Gasteiger partial charge in [-0.25, -0.2) is 18.1 Å². The Morgan fingerprint density at radius 1 is 1.20 bits per heavy atom. The molecule has 1 aliphatic heterocycles. The van der Waals surface area contributed by atoms with Crippen LogP contribution in [0.15, 0.2) is 42.7 Å². The molecule has 1 aromatic carbocycles. The van der Waals surface area contributed by atoms with Gasteiger partial charge in [0.05, 0.1) is 18.2 Å². The van der Waals surface area contributed by atoms with Gasteiger partial charge < -0.3 is 14.6 Å². The summed E-state index contributed by atoms with van der Waals surface area (Å²) >= 11 is 0. The largest absolute Gasteiger partial charge is 0.492 e. The van der Waals surface area contributed by atoms with Gasteiger partial charge in [-0.15, -0.1) is 0 Å². The predicted molar refractivity (Wildman–Crippen MR) is 119 cm³/mol. The smallest absolute Gasteiger partial charge is 0.209 e. The minimum atomic E-state index is -3.21. The van der Waals surface area contributed by atoms with Crippen molar-refractivity contribution in [3.05, 3.63) is 48.3 Å². The van der Waals surface area contributed by atoms with Crippen LogP contribution in [0, 0.1) is 5.92 Å². The first-order chi connectivity index (χ1) is 14.4. The summed E-state index contributed by atoms with van der Waals surface area (Å²) < 4.78 is 31.4. The number of piperidine rings is 1. The van der Waals surface area contributed by atoms with Crippen molar-refractivity contribution in [3.8, 4) is 16.9 Å². The van der Waals surface area contributed by atoms with E-state index in [1.165, 1.54) is 0 Å². The number of nitrogens with zero attached hydrogens (tertiary/aromatic N) is 2. The molecule has 30 heavy (non-hydrogen) atoms. The lowest BCUT2D eigenvalue weighted by Gasteiger charge is -2.28. The lowest BCUT2D eigenvalue weighted by atomic mass is 9.98. The van der Waals surface area contributed by atoms with E-state index in [0.717, 1.165) is 65.7 Å². The molecule has 1 fully saturated rings. The van der Waals surface area contributed by atoms with E-state index in [-0.39, 0.29) is 6.54 Å². The SMILES string of the molecule is CN1CCC(COc2ccnc3[nH]cc(-c4ccc(CNS(C)(=O)=O)cc4)c23)CC1. The predicted octanol–water partition coefficient (Wildman–Crippen LogP) is 3.00. The molecule has 0 spiro atoms. The number of rotatable bonds is 7. The van der Waals surface area contributed by atoms with Crippen molar-refractivity contribution in [2.45, 2.75) is 19.4 Å². The maximum Gasteiger partial charge on any atom is 0.209 e. The Balaban J connectivity index is 1.53. The van der Waals surface area contributed by atoms with E-state index in [0.29, 0.717) is 12.5 Å². The van der Waals surface area contributed by atoms with Crippen molar-refractivity contribution in [2.75, 3.05) is 33.0 Å². The second-order valence-electron chi connectivity index (χ2n) is 8.08. The minimum absolute atomic E-state index is 0.277. The number of H-pyrrole nitrogens is 1. The number of pyridine rings is 1. The van der Waals surface area contributed by atoms with E-state index in [1.54, 1.807) is 6.20 Å². The van der Waals surface area contributed by atoms with Gasteiger partial charge in [0.15, 0.2) is 0 Å². The fourth-order valence-corrected chi connectivity index (χ4v) is 4.26. The Morgan fingerprint density at radius 2 is 1.93 bits per heavy atom. The third-order valence-electron chi connectivity index (χ3n) is 5.65. The number of aromatic nitrogens is 2. The van der Waals surface area contributed by atoms with Crippen molar-refractivity contribution in [2.24, 2.45) is 5.92 Å². The van der Waals surface area contributed by atoms with E-state index in [9.17, 15) is 8.42 Å². The summed E-state index contributed by atoms with van der Waals surface area (Å²) in [5, 5.41) is 0.979. The number of likely N-dealkylation sites (tertiary alicyclic amines) is 1. The first kappa shape index (κ1) is 20.8. The standard InChI is InChI=1S/C22H28N4O3S/c1-26-11-8-17(9-12-26)15-29-20-7-10-23-22-21(20)19(14-24-22)18-5-3-16(4-6-18)13-25-30(2,27)28/h3-7,10,14,17,25H,8-9,11-13,15H2,1-2H3,(H,23,24). The van der Waals surface area contributed by atoms with Gasteiger partial charge in [-0.3, -0.25) is 0 Å². The third-order valence-corrected chi connectivity index (χ3v) is 6.32. The molecule has 0 atom stereocenters. The van der Waals surface area contributed by atoms with E-state index in [2.05, 4.69) is 26.6 Å². The Hall–Kier alpha value is -2.42. The van der Waals surface area contributed by atoms with E-state index >= 15 is 0 Å². The number of hydrogen-bond donors (Lipinski definition) is 2. The number of nitrogens with one attached hydrogen (secondary N) is 2. The van der Waals surface area contributed by atoms with Gasteiger partial charge in [-0.2, -0.15) is 0 Å². The van der Waals surface area contributed by atoms with Crippen molar-refractivity contribution in [1.29, 1.82) is 0 Å². The maximum absolute atomic E-state index is 11.3. The quantitative estimate of drug-likeness (QED) is 0.604. The molecule has 2 aromatic heterocycles. The van der Waals surface area contributed by atoms with Crippen LogP contribution >= 0.6 is 0 Å². The van der Waals surface area contributed by atoms with Crippen LogP contribution in [0.1, 0.15) is 18.4 Å². The Morgan fingerprint density at radius 3 is 2.63 bits per heavy atom. The third kappa shape index (κ3) is 5.00. The summed E-state index contributed by atoms with van der Waals surface area (Å²) in [5.74, 6) is 1.42. The molecule has 1 saturated heterocycles. The summed E-state index contributed by atoms with van der Waals surface area (Å²) in [5.41, 5.74) is 3.76. The summed E-state index contributed by atoms with van der Waals surface area (Å²) in [6.45, 7) is 3.23. The van der Waals surface area contributed by atoms with E-state index in [4.69, 9.17) is 4.74 Å². The summed E-state index contributed by atoms with van der Waals surface area (Å²) in [6, 6.07) is 9.79. The Bertz CT molecular complexity index is 1100. The van der Waals surface area contributed by atoms with Crippen molar-refractivity contribution in [1.82, 2.24) is 19.6 Å². The van der Waals surface area contributed by atoms with Crippen LogP contribution in [0.4, 0.5) is 0 Å². The first-order valence-electron chi connectivity index (χ1n) is 10.2. The van der Waals surface area contributed by atoms with Crippen LogP contribution < -0.4 is 9.46 Å². The molecule has 0 unspecified atom stereocenters. The molecule has 4 rings (SSSR count). The van der Waals surface area contributed by atoms with Gasteiger partial charge in [0.1, 0.15) is 11.4 Å². The summed E-state index contributed by atoms with van der Waals surface area (Å²) in [6.07, 6.45) is 7.20. The summed E-state index contributed by atoms with van der Waals surface area (Å²) in [7, 11) is -1.05. The number of ether oxygens (including phenoxy) is 1. The fourth-order valence-electron chi connectivity index (χ4n) is 3.83. The molecule has 0 aliphatic carbocycles. The average Bonchev–Trinajstić information content (AvgIpc) is 3.16. The van der Waals surface area contributed by atoms with Gasteiger partial charge in [0, 0.05) is 24.5 Å². The molecule has 1 aliphatic rings. The number of hydrogen-bond acceptors (Lipinski definition) is 5. The molecule has 0 radical (unpaired) electrons. The van der Waals surface area contributed by atoms with Crippen molar-refractivity contribution in [3.63, 3.8) is 0 Å². The van der Waals surface area contributed by atoms with Gasteiger partial charge >= 0.3 is 0 Å². The van der Waals surface area contributed by atoms with Crippen LogP contribution in [0.25, 0.3) is 22.2 Å². The number of aromatic amines is 1. The lowest BCUT2D eigenvalue weighted by molar-refractivity contribution is 0.161. The highest BCUT2D eigenvalue weighted by molar-refractivity contribution is 7.88. The summed E-state index contributed by atoms with van der Waals surface area (Å²) in [4.78, 5) is 10.1. The molecule has 0 saturated carbocycles. The molecule has 7 nitrogen and oxygen atoms in total. The minimum Gasteiger partial charge on any atom is -0.492 e. The van der Waals surface area contributed by atoms with Crippen LogP contribution in [0.5, 0.6) is 5.75 Å². The van der Waals surface area contributed by atoms with Gasteiger partial charge in [0.25, 0.3) is 0 Å². The molecule has 3 aromatic rings. The number of benzene rings is 1. The zero-order chi connectivity index (χ0) is 21.1. The van der Waals surface area contributed by atoms with E-state index in [1.807, 2.05) is 36.5 Å². The monoisotopic (exact) mass is 428 g/mol. The Kier molecular flexibility index (Phi) is 6.08. The zero-order valence-corrected chi connectivity index (χ0v) is 18.2. The molecule has 160 valence electrons. The molecule has 3 heterocycles. The lowest BCUT2D eigenvalue weighted by Crippen LogP contribution is -2.32. The first-order valence-corrected chi connectivity index (χ1v) is 12.1. The molecule has 0 amide bonds. The van der Waals surface area contributed by atoms with Crippen LogP contribution in [0.3, 0.4) is 0 Å². The maximum atomic E-state index is 11.3. The molecule has 8 heteroatoms. The second kappa shape index (κ2) is 8.75. The highest BCUT2D eigenvalue weighted by Crippen LogP contribution is 2.35. The van der Waals surface area contributed by atoms with Crippen LogP contribution in [0.2, 0.25) is 0 Å². The molecule has 0 bridgehead atoms. The van der Waals surface area contributed by atoms with Gasteiger partial charge in [-0.1, -0.05) is 24.3 Å². The number of sulfonamides is 1. The fraction of sp³-hybridized carbons (Fsp3) is 0.409. The number of fused-ring (bicyclic) bond motifs is 1. The normalized spacial score (nSPS) is 16.2. The zero-order valence-electron chi connectivity index (χ0n) is 17.4. The highest BCUT2D eigenvalue weighted by Gasteiger charge is 2.19. The van der Waals surface area contributed by atoms with Crippen molar-refractivity contribution < 1.29 is 13.2 Å². The topological polar surface area (TPSA) is 87.3 Å². The molecular weight excluding hydrogens is 400 g/mol. The van der Waals surface area contributed by atoms with Gasteiger partial charge in [0.2, 0.25) is 10.0 Å². The van der Waals surface area contributed by atoms with Crippen LogP contribution in [-0.4, -0.2) is 56.3 Å². The van der Waals surface area contributed by atoms with E-state index < -0.39 is 10.0 Å². The highest BCUT2D eigenvalue weighted by atomic mass is 32.2. The molecule has 2 N–H and O–H groups in total. The average molecular weight is 429 g/mol. The van der Waals surface area contributed by atoms with Gasteiger partial charge in [-0.05, 0) is 56.1 Å². The molecular formula is C22H28N4O3S. The van der Waals surface area contributed by atoms with Crippen LogP contribution in [-0.2, 0) is 16.6 Å².